The quantitative estimate of drug-likeness (QED) is 0.430. The van der Waals surface area contributed by atoms with E-state index >= 15 is 0 Å². The molecule has 3 atom stereocenters. The Balaban J connectivity index is 1.52. The minimum Gasteiger partial charge on any atom is -0.456 e. The molecule has 1 aromatic carbocycles. The fraction of sp³-hybridized carbons (Fsp3) is 0.565. The smallest absolute Gasteiger partial charge is 0.329 e. The molecule has 11 heteroatoms. The Hall–Kier alpha value is -2.79. The second kappa shape index (κ2) is 9.10. The number of carbonyl (C=O) groups excluding carboxylic acids is 3. The normalized spacial score (nSPS) is 21.9. The highest BCUT2D eigenvalue weighted by molar-refractivity contribution is 7.89. The van der Waals surface area contributed by atoms with Crippen LogP contribution in [0.25, 0.3) is 11.0 Å². The third-order valence-electron chi connectivity index (χ3n) is 6.84. The number of benzene rings is 1. The highest BCUT2D eigenvalue weighted by atomic mass is 32.2. The molecule has 0 bridgehead atoms. The van der Waals surface area contributed by atoms with Crippen molar-refractivity contribution in [3.63, 3.8) is 0 Å². The summed E-state index contributed by atoms with van der Waals surface area (Å²) in [6.07, 6.45) is 3.19. The van der Waals surface area contributed by atoms with Gasteiger partial charge in [-0.05, 0) is 44.9 Å². The highest BCUT2D eigenvalue weighted by Crippen LogP contribution is 2.39. The number of hydrogen-bond donors (Lipinski definition) is 0. The molecular weight excluding hydrogens is 460 g/mol. The summed E-state index contributed by atoms with van der Waals surface area (Å²) in [7, 11) is -0.697. The minimum atomic E-state index is -3.62. The number of carbonyl (C=O) groups is 3. The predicted octanol–water partition coefficient (Wildman–Crippen LogP) is 1.91. The van der Waals surface area contributed by atoms with Crippen LogP contribution in [-0.4, -0.2) is 65.1 Å². The van der Waals surface area contributed by atoms with Crippen molar-refractivity contribution >= 4 is 38.8 Å². The highest BCUT2D eigenvalue weighted by Gasteiger charge is 2.51. The topological polar surface area (TPSA) is 119 Å². The van der Waals surface area contributed by atoms with Gasteiger partial charge < -0.3 is 9.30 Å². The summed E-state index contributed by atoms with van der Waals surface area (Å²) < 4.78 is 33.4. The van der Waals surface area contributed by atoms with Gasteiger partial charge in [0, 0.05) is 20.6 Å². The van der Waals surface area contributed by atoms with Gasteiger partial charge in [-0.25, -0.2) is 22.5 Å². The number of esters is 1. The zero-order valence-corrected chi connectivity index (χ0v) is 20.7. The van der Waals surface area contributed by atoms with Crippen LogP contribution in [0.5, 0.6) is 0 Å². The first-order valence-corrected chi connectivity index (χ1v) is 13.0. The number of aryl methyl sites for hydroxylation is 1. The fourth-order valence-electron chi connectivity index (χ4n) is 4.93. The largest absolute Gasteiger partial charge is 0.456 e. The first-order chi connectivity index (χ1) is 16.1. The third-order valence-corrected chi connectivity index (χ3v) is 8.65. The van der Waals surface area contributed by atoms with E-state index in [9.17, 15) is 22.8 Å². The summed E-state index contributed by atoms with van der Waals surface area (Å²) >= 11 is 0. The van der Waals surface area contributed by atoms with Crippen LogP contribution in [0.1, 0.15) is 45.4 Å². The number of imide groups is 1. The number of sulfonamides is 1. The van der Waals surface area contributed by atoms with Gasteiger partial charge in [-0.2, -0.15) is 0 Å². The molecule has 2 heterocycles. The lowest BCUT2D eigenvalue weighted by atomic mass is 9.81. The van der Waals surface area contributed by atoms with Crippen LogP contribution in [-0.2, 0) is 42.3 Å². The lowest BCUT2D eigenvalue weighted by molar-refractivity contribution is -0.159. The Morgan fingerprint density at radius 1 is 1.18 bits per heavy atom. The number of hydrogen-bond acceptors (Lipinski definition) is 7. The number of nitrogens with zero attached hydrogens (tertiary/aromatic N) is 4. The van der Waals surface area contributed by atoms with Crippen molar-refractivity contribution in [1.29, 1.82) is 0 Å². The van der Waals surface area contributed by atoms with Crippen LogP contribution in [0.15, 0.2) is 23.1 Å². The van der Waals surface area contributed by atoms with Crippen LogP contribution in [0, 0.1) is 11.8 Å². The van der Waals surface area contributed by atoms with Gasteiger partial charge in [0.15, 0.2) is 0 Å². The number of imidazole rings is 1. The van der Waals surface area contributed by atoms with E-state index in [0.717, 1.165) is 22.0 Å². The molecule has 184 valence electrons. The molecule has 2 fully saturated rings. The summed E-state index contributed by atoms with van der Waals surface area (Å²) in [4.78, 5) is 44.0. The lowest BCUT2D eigenvalue weighted by Gasteiger charge is -2.21. The molecule has 2 aromatic rings. The van der Waals surface area contributed by atoms with Crippen LogP contribution in [0.2, 0.25) is 0 Å². The maximum absolute atomic E-state index is 12.8. The van der Waals surface area contributed by atoms with Crippen molar-refractivity contribution in [2.75, 3.05) is 14.1 Å². The van der Waals surface area contributed by atoms with Crippen molar-refractivity contribution in [2.24, 2.45) is 11.8 Å². The molecular formula is C23H30N4O6S. The summed E-state index contributed by atoms with van der Waals surface area (Å²) in [6, 6.07) is 3.68. The van der Waals surface area contributed by atoms with E-state index in [0.29, 0.717) is 36.2 Å². The lowest BCUT2D eigenvalue weighted by Crippen LogP contribution is -2.44. The van der Waals surface area contributed by atoms with E-state index in [1.54, 1.807) is 6.07 Å². The minimum absolute atomic E-state index is 0.121. The molecule has 0 unspecified atom stereocenters. The van der Waals surface area contributed by atoms with Crippen molar-refractivity contribution in [3.05, 3.63) is 24.0 Å². The third kappa shape index (κ3) is 4.00. The van der Waals surface area contributed by atoms with Gasteiger partial charge in [-0.15, -0.1) is 0 Å². The molecule has 1 aliphatic heterocycles. The van der Waals surface area contributed by atoms with Crippen molar-refractivity contribution in [2.45, 2.75) is 63.6 Å². The average Bonchev–Trinajstić information content (AvgIpc) is 3.30. The number of ether oxygens (including phenoxy) is 1. The first-order valence-electron chi connectivity index (χ1n) is 11.5. The second-order valence-corrected chi connectivity index (χ2v) is 11.2. The van der Waals surface area contributed by atoms with Gasteiger partial charge >= 0.3 is 5.97 Å². The van der Waals surface area contributed by atoms with E-state index in [1.807, 2.05) is 11.5 Å². The van der Waals surface area contributed by atoms with Crippen LogP contribution >= 0.6 is 0 Å². The Morgan fingerprint density at radius 2 is 1.79 bits per heavy atom. The standard InChI is InChI=1S/C23H30N4O6S/c1-5-26-19-11-10-15(34(31,32)25(3)4)12-18(19)24-20(26)13-33-23(30)14(2)27-21(28)16-8-6-7-9-17(16)22(27)29/h10-12,14,16-17H,5-9,13H2,1-4H3/t14-,16+,17+/m0/s1. The van der Waals surface area contributed by atoms with E-state index in [2.05, 4.69) is 4.98 Å². The molecule has 1 aliphatic carbocycles. The van der Waals surface area contributed by atoms with E-state index in [-0.39, 0.29) is 35.2 Å². The molecule has 0 N–H and O–H groups in total. The molecule has 0 spiro atoms. The summed E-state index contributed by atoms with van der Waals surface area (Å²) in [5.74, 6) is -1.44. The summed E-state index contributed by atoms with van der Waals surface area (Å²) in [6.45, 7) is 3.79. The predicted molar refractivity (Wildman–Crippen MR) is 123 cm³/mol. The van der Waals surface area contributed by atoms with Gasteiger partial charge in [-0.1, -0.05) is 12.8 Å². The monoisotopic (exact) mass is 490 g/mol. The van der Waals surface area contributed by atoms with E-state index < -0.39 is 22.0 Å². The SMILES string of the molecule is CCn1c(COC(=O)[C@H](C)N2C(=O)[C@@H]3CCCC[C@H]3C2=O)nc2cc(S(=O)(=O)N(C)C)ccc21. The van der Waals surface area contributed by atoms with Crippen LogP contribution < -0.4 is 0 Å². The Labute approximate surface area is 198 Å². The van der Waals surface area contributed by atoms with Crippen molar-refractivity contribution in [1.82, 2.24) is 18.8 Å². The summed E-state index contributed by atoms with van der Waals surface area (Å²) in [5, 5.41) is 0. The Morgan fingerprint density at radius 3 is 2.35 bits per heavy atom. The van der Waals surface area contributed by atoms with Gasteiger partial charge in [0.05, 0.1) is 27.8 Å². The van der Waals surface area contributed by atoms with Crippen molar-refractivity contribution in [3.8, 4) is 0 Å². The number of amides is 2. The fourth-order valence-corrected chi connectivity index (χ4v) is 5.85. The summed E-state index contributed by atoms with van der Waals surface area (Å²) in [5.41, 5.74) is 1.19. The van der Waals surface area contributed by atoms with Gasteiger partial charge in [0.2, 0.25) is 21.8 Å². The first kappa shape index (κ1) is 24.3. The number of likely N-dealkylation sites (tertiary alicyclic amines) is 1. The number of fused-ring (bicyclic) bond motifs is 2. The van der Waals surface area contributed by atoms with Gasteiger partial charge in [0.1, 0.15) is 18.5 Å². The maximum Gasteiger partial charge on any atom is 0.329 e. The molecule has 1 aromatic heterocycles. The molecule has 1 saturated carbocycles. The second-order valence-electron chi connectivity index (χ2n) is 9.04. The molecule has 1 saturated heterocycles. The molecule has 2 amide bonds. The Bertz CT molecular complexity index is 1230. The number of aromatic nitrogens is 2. The molecule has 4 rings (SSSR count). The zero-order chi connectivity index (χ0) is 24.8. The van der Waals surface area contributed by atoms with Crippen LogP contribution in [0.3, 0.4) is 0 Å². The molecule has 10 nitrogen and oxygen atoms in total. The van der Waals surface area contributed by atoms with Gasteiger partial charge in [-0.3, -0.25) is 14.5 Å². The Kier molecular flexibility index (Phi) is 6.52. The number of rotatable bonds is 7. The molecule has 2 aliphatic rings. The maximum atomic E-state index is 12.8. The van der Waals surface area contributed by atoms with E-state index in [4.69, 9.17) is 4.74 Å². The zero-order valence-electron chi connectivity index (χ0n) is 19.9. The average molecular weight is 491 g/mol. The van der Waals surface area contributed by atoms with Crippen LogP contribution in [0.4, 0.5) is 0 Å². The van der Waals surface area contributed by atoms with E-state index in [1.165, 1.54) is 33.2 Å². The molecule has 0 radical (unpaired) electrons. The van der Waals surface area contributed by atoms with Crippen molar-refractivity contribution < 1.29 is 27.5 Å². The van der Waals surface area contributed by atoms with Gasteiger partial charge in [0.25, 0.3) is 0 Å². The molecule has 34 heavy (non-hydrogen) atoms.